The number of carbonyl (C=O) groups excluding carboxylic acids is 1. The zero-order chi connectivity index (χ0) is 21.3. The molecule has 1 aliphatic heterocycles. The third-order valence-corrected chi connectivity index (χ3v) is 5.79. The number of aromatic nitrogens is 2. The van der Waals surface area contributed by atoms with Gasteiger partial charge in [0.25, 0.3) is 0 Å². The van der Waals surface area contributed by atoms with Gasteiger partial charge in [0.15, 0.2) is 0 Å². The molecule has 1 saturated heterocycles. The molecular weight excluding hydrogens is 405 g/mol. The summed E-state index contributed by atoms with van der Waals surface area (Å²) in [5.41, 5.74) is 1.88. The molecule has 158 valence electrons. The van der Waals surface area contributed by atoms with E-state index < -0.39 is 5.60 Å². The summed E-state index contributed by atoms with van der Waals surface area (Å²) in [6, 6.07) is 6.46. The van der Waals surface area contributed by atoms with Crippen molar-refractivity contribution in [3.8, 4) is 17.0 Å². The first kappa shape index (κ1) is 20.5. The lowest BCUT2D eigenvalue weighted by Gasteiger charge is -2.33. The molecule has 0 unspecified atom stereocenters. The average Bonchev–Trinajstić information content (AvgIpc) is 3.12. The number of hydrogen-bond acceptors (Lipinski definition) is 6. The van der Waals surface area contributed by atoms with Crippen molar-refractivity contribution in [2.24, 2.45) is 0 Å². The average molecular weight is 430 g/mol. The Morgan fingerprint density at radius 1 is 1.23 bits per heavy atom. The molecule has 30 heavy (non-hydrogen) atoms. The minimum Gasteiger partial charge on any atom is -0.473 e. The zero-order valence-corrected chi connectivity index (χ0v) is 18.0. The van der Waals surface area contributed by atoms with E-state index in [1.807, 2.05) is 32.2 Å². The van der Waals surface area contributed by atoms with Crippen molar-refractivity contribution in [3.63, 3.8) is 0 Å². The predicted molar refractivity (Wildman–Crippen MR) is 114 cm³/mol. The first-order chi connectivity index (χ1) is 14.3. The van der Waals surface area contributed by atoms with Crippen molar-refractivity contribution in [3.05, 3.63) is 41.8 Å². The first-order valence-electron chi connectivity index (χ1n) is 9.93. The fraction of sp³-hybridized carbons (Fsp3) is 0.409. The molecule has 0 saturated carbocycles. The summed E-state index contributed by atoms with van der Waals surface area (Å²) in [6.07, 6.45) is 2.55. The van der Waals surface area contributed by atoms with Gasteiger partial charge < -0.3 is 14.4 Å². The second-order valence-corrected chi connectivity index (χ2v) is 9.18. The van der Waals surface area contributed by atoms with Crippen LogP contribution in [0.2, 0.25) is 0 Å². The molecule has 4 rings (SSSR count). The van der Waals surface area contributed by atoms with Gasteiger partial charge in [0.2, 0.25) is 5.88 Å². The highest BCUT2D eigenvalue weighted by atomic mass is 32.1. The molecule has 3 aromatic rings. The molecule has 0 aliphatic carbocycles. The number of piperidine rings is 1. The number of halogens is 1. The molecular formula is C22H24FN3O3S. The van der Waals surface area contributed by atoms with E-state index in [0.717, 1.165) is 21.3 Å². The molecule has 0 radical (unpaired) electrons. The third-order valence-electron chi connectivity index (χ3n) is 4.83. The van der Waals surface area contributed by atoms with Crippen LogP contribution in [0.3, 0.4) is 0 Å². The lowest BCUT2D eigenvalue weighted by Crippen LogP contribution is -2.44. The maximum atomic E-state index is 13.6. The van der Waals surface area contributed by atoms with Gasteiger partial charge >= 0.3 is 6.09 Å². The number of rotatable bonds is 3. The Morgan fingerprint density at radius 3 is 2.70 bits per heavy atom. The van der Waals surface area contributed by atoms with Crippen LogP contribution >= 0.6 is 11.3 Å². The standard InChI is InChI=1S/C22H24FN3O3S/c1-22(2,3)29-21(27)26-9-7-16(8-10-26)28-20-19-18(24-13-25-20)17(12-30-19)14-5-4-6-15(23)11-14/h4-6,11-13,16H,7-10H2,1-3H3. The summed E-state index contributed by atoms with van der Waals surface area (Å²) in [5.74, 6) is 0.248. The quantitative estimate of drug-likeness (QED) is 0.567. The van der Waals surface area contributed by atoms with Gasteiger partial charge in [0, 0.05) is 36.9 Å². The van der Waals surface area contributed by atoms with Gasteiger partial charge in [-0.15, -0.1) is 11.3 Å². The summed E-state index contributed by atoms with van der Waals surface area (Å²) in [5, 5.41) is 1.95. The van der Waals surface area contributed by atoms with Crippen molar-refractivity contribution >= 4 is 27.6 Å². The summed E-state index contributed by atoms with van der Waals surface area (Å²) >= 11 is 1.48. The highest BCUT2D eigenvalue weighted by Crippen LogP contribution is 2.37. The van der Waals surface area contributed by atoms with Crippen molar-refractivity contribution in [1.82, 2.24) is 14.9 Å². The van der Waals surface area contributed by atoms with Crippen molar-refractivity contribution in [1.29, 1.82) is 0 Å². The topological polar surface area (TPSA) is 64.5 Å². The SMILES string of the molecule is CC(C)(C)OC(=O)N1CCC(Oc2ncnc3c(-c4cccc(F)c4)csc23)CC1. The van der Waals surface area contributed by atoms with Gasteiger partial charge in [-0.1, -0.05) is 12.1 Å². The Hall–Kier alpha value is -2.74. The predicted octanol–water partition coefficient (Wildman–Crippen LogP) is 5.28. The molecule has 6 nitrogen and oxygen atoms in total. The van der Waals surface area contributed by atoms with Crippen LogP contribution < -0.4 is 4.74 Å². The van der Waals surface area contributed by atoms with Crippen LogP contribution in [0.1, 0.15) is 33.6 Å². The van der Waals surface area contributed by atoms with Gasteiger partial charge in [-0.05, 0) is 38.5 Å². The molecule has 1 aromatic carbocycles. The fourth-order valence-corrected chi connectivity index (χ4v) is 4.37. The van der Waals surface area contributed by atoms with Crippen molar-refractivity contribution in [2.75, 3.05) is 13.1 Å². The molecule has 0 spiro atoms. The number of fused-ring (bicyclic) bond motifs is 1. The van der Waals surface area contributed by atoms with E-state index in [0.29, 0.717) is 31.8 Å². The van der Waals surface area contributed by atoms with Gasteiger partial charge in [-0.3, -0.25) is 0 Å². The van der Waals surface area contributed by atoms with Gasteiger partial charge in [-0.25, -0.2) is 19.2 Å². The molecule has 1 amide bonds. The largest absolute Gasteiger partial charge is 0.473 e. The molecule has 0 atom stereocenters. The number of likely N-dealkylation sites (tertiary alicyclic amines) is 1. The zero-order valence-electron chi connectivity index (χ0n) is 17.2. The van der Waals surface area contributed by atoms with E-state index >= 15 is 0 Å². The molecule has 3 heterocycles. The summed E-state index contributed by atoms with van der Waals surface area (Å²) in [4.78, 5) is 22.7. The maximum Gasteiger partial charge on any atom is 0.410 e. The molecule has 1 fully saturated rings. The Kier molecular flexibility index (Phi) is 5.60. The van der Waals surface area contributed by atoms with Crippen LogP contribution in [0.15, 0.2) is 36.0 Å². The van der Waals surface area contributed by atoms with Crippen LogP contribution in [0, 0.1) is 5.82 Å². The Morgan fingerprint density at radius 2 is 2.00 bits per heavy atom. The van der Waals surface area contributed by atoms with E-state index in [2.05, 4.69) is 9.97 Å². The molecule has 0 N–H and O–H groups in total. The maximum absolute atomic E-state index is 13.6. The molecule has 8 heteroatoms. The minimum atomic E-state index is -0.504. The van der Waals surface area contributed by atoms with E-state index in [9.17, 15) is 9.18 Å². The van der Waals surface area contributed by atoms with Gasteiger partial charge in [-0.2, -0.15) is 0 Å². The normalized spacial score (nSPS) is 15.4. The van der Waals surface area contributed by atoms with Gasteiger partial charge in [0.05, 0.1) is 5.52 Å². The smallest absolute Gasteiger partial charge is 0.410 e. The van der Waals surface area contributed by atoms with Crippen molar-refractivity contribution in [2.45, 2.75) is 45.3 Å². The number of amides is 1. The Bertz CT molecular complexity index is 1060. The van der Waals surface area contributed by atoms with Crippen molar-refractivity contribution < 1.29 is 18.7 Å². The van der Waals surface area contributed by atoms with E-state index in [1.54, 1.807) is 11.0 Å². The number of thiophene rings is 1. The van der Waals surface area contributed by atoms with Crippen LogP contribution in [-0.2, 0) is 4.74 Å². The van der Waals surface area contributed by atoms with E-state index in [-0.39, 0.29) is 18.0 Å². The Labute approximate surface area is 178 Å². The number of hydrogen-bond donors (Lipinski definition) is 0. The van der Waals surface area contributed by atoms with Crippen LogP contribution in [0.5, 0.6) is 5.88 Å². The minimum absolute atomic E-state index is 0.0403. The van der Waals surface area contributed by atoms with Crippen LogP contribution in [0.4, 0.5) is 9.18 Å². The highest BCUT2D eigenvalue weighted by molar-refractivity contribution is 7.18. The third kappa shape index (κ3) is 4.53. The Balaban J connectivity index is 1.46. The molecule has 0 bridgehead atoms. The molecule has 1 aliphatic rings. The summed E-state index contributed by atoms with van der Waals surface area (Å²) in [6.45, 7) is 6.74. The second kappa shape index (κ2) is 8.18. The van der Waals surface area contributed by atoms with Gasteiger partial charge in [0.1, 0.15) is 28.5 Å². The van der Waals surface area contributed by atoms with E-state index in [4.69, 9.17) is 9.47 Å². The molecule has 2 aromatic heterocycles. The number of benzene rings is 1. The monoisotopic (exact) mass is 429 g/mol. The second-order valence-electron chi connectivity index (χ2n) is 8.30. The summed E-state index contributed by atoms with van der Waals surface area (Å²) < 4.78 is 26.1. The first-order valence-corrected chi connectivity index (χ1v) is 10.8. The van der Waals surface area contributed by atoms with Crippen LogP contribution in [0.25, 0.3) is 21.3 Å². The fourth-order valence-electron chi connectivity index (χ4n) is 3.41. The van der Waals surface area contributed by atoms with E-state index in [1.165, 1.54) is 29.8 Å². The van der Waals surface area contributed by atoms with Crippen LogP contribution in [-0.4, -0.2) is 45.8 Å². The number of nitrogens with zero attached hydrogens (tertiary/aromatic N) is 3. The lowest BCUT2D eigenvalue weighted by atomic mass is 10.1. The number of ether oxygens (including phenoxy) is 2. The summed E-state index contributed by atoms with van der Waals surface area (Å²) in [7, 11) is 0. The highest BCUT2D eigenvalue weighted by Gasteiger charge is 2.28. The number of carbonyl (C=O) groups is 1. The lowest BCUT2D eigenvalue weighted by molar-refractivity contribution is 0.0124.